The maximum atomic E-state index is 5.81. The maximum absolute atomic E-state index is 5.81. The Bertz CT molecular complexity index is 276. The first kappa shape index (κ1) is 12.5. The van der Waals surface area contributed by atoms with Gasteiger partial charge in [0, 0.05) is 24.3 Å². The largest absolute Gasteiger partial charge is 0.382 e. The minimum atomic E-state index is 0.119. The number of halogens is 1. The molecule has 0 amide bonds. The van der Waals surface area contributed by atoms with E-state index in [4.69, 9.17) is 22.2 Å². The van der Waals surface area contributed by atoms with Crippen LogP contribution >= 0.6 is 11.6 Å². The Balaban J connectivity index is 2.53. The number of ether oxygens (including phenoxy) is 1. The third-order valence-electron chi connectivity index (χ3n) is 2.23. The molecule has 0 aliphatic rings. The minimum Gasteiger partial charge on any atom is -0.382 e. The van der Waals surface area contributed by atoms with Crippen LogP contribution in [0.3, 0.4) is 0 Å². The summed E-state index contributed by atoms with van der Waals surface area (Å²) in [6.45, 7) is 3.42. The second-order valence-electron chi connectivity index (χ2n) is 3.26. The Morgan fingerprint density at radius 3 is 2.60 bits per heavy atom. The molecule has 0 aliphatic carbocycles. The average molecular weight is 229 g/mol. The predicted molar refractivity (Wildman–Crippen MR) is 62.6 cm³/mol. The summed E-state index contributed by atoms with van der Waals surface area (Å²) in [6.07, 6.45) is 0.853. The molecule has 1 rings (SSSR count). The van der Waals surface area contributed by atoms with Gasteiger partial charge in [-0.25, -0.2) is 0 Å². The second-order valence-corrected chi connectivity index (χ2v) is 3.69. The van der Waals surface area contributed by atoms with Crippen LogP contribution in [0.2, 0.25) is 5.02 Å². The molecule has 0 fully saturated rings. The Kier molecular flexibility index (Phi) is 5.65. The summed E-state index contributed by atoms with van der Waals surface area (Å²) in [5.41, 5.74) is 3.90. The molecule has 84 valence electrons. The monoisotopic (exact) mass is 228 g/mol. The maximum Gasteiger partial charge on any atom is 0.0484 e. The van der Waals surface area contributed by atoms with Gasteiger partial charge in [-0.3, -0.25) is 11.3 Å². The first-order valence-corrected chi connectivity index (χ1v) is 5.45. The number of nitrogens with one attached hydrogen (secondary N) is 1. The molecule has 4 heteroatoms. The molecular weight excluding hydrogens is 212 g/mol. The summed E-state index contributed by atoms with van der Waals surface area (Å²) in [5.74, 6) is 5.49. The van der Waals surface area contributed by atoms with E-state index in [1.807, 2.05) is 31.2 Å². The molecule has 1 aromatic rings. The Morgan fingerprint density at radius 2 is 2.07 bits per heavy atom. The summed E-state index contributed by atoms with van der Waals surface area (Å²) < 4.78 is 5.29. The fourth-order valence-corrected chi connectivity index (χ4v) is 1.51. The fourth-order valence-electron chi connectivity index (χ4n) is 1.39. The summed E-state index contributed by atoms with van der Waals surface area (Å²) in [7, 11) is 0. The second kappa shape index (κ2) is 6.80. The van der Waals surface area contributed by atoms with Crippen molar-refractivity contribution in [2.24, 2.45) is 5.84 Å². The van der Waals surface area contributed by atoms with Gasteiger partial charge in [-0.2, -0.15) is 0 Å². The highest BCUT2D eigenvalue weighted by molar-refractivity contribution is 6.30. The molecule has 3 N–H and O–H groups in total. The number of rotatable bonds is 6. The van der Waals surface area contributed by atoms with Crippen LogP contribution in [-0.4, -0.2) is 13.2 Å². The van der Waals surface area contributed by atoms with Gasteiger partial charge in [-0.1, -0.05) is 23.7 Å². The molecule has 0 saturated carbocycles. The van der Waals surface area contributed by atoms with Crippen LogP contribution in [0.5, 0.6) is 0 Å². The number of hydrogen-bond acceptors (Lipinski definition) is 3. The van der Waals surface area contributed by atoms with Crippen molar-refractivity contribution in [3.05, 3.63) is 34.9 Å². The predicted octanol–water partition coefficient (Wildman–Crippen LogP) is 2.27. The van der Waals surface area contributed by atoms with Crippen molar-refractivity contribution < 1.29 is 4.74 Å². The number of nitrogens with two attached hydrogens (primary N) is 1. The van der Waals surface area contributed by atoms with Gasteiger partial charge in [-0.05, 0) is 31.0 Å². The van der Waals surface area contributed by atoms with Crippen LogP contribution in [0, 0.1) is 0 Å². The zero-order chi connectivity index (χ0) is 11.1. The summed E-state index contributed by atoms with van der Waals surface area (Å²) in [6, 6.07) is 7.79. The lowest BCUT2D eigenvalue weighted by molar-refractivity contribution is 0.136. The summed E-state index contributed by atoms with van der Waals surface area (Å²) in [5, 5.41) is 0.735. The van der Waals surface area contributed by atoms with Gasteiger partial charge in [-0.15, -0.1) is 0 Å². The highest BCUT2D eigenvalue weighted by Gasteiger charge is 2.08. The summed E-state index contributed by atoms with van der Waals surface area (Å²) >= 11 is 5.81. The molecule has 1 atom stereocenters. The third-order valence-corrected chi connectivity index (χ3v) is 2.48. The number of hydrazine groups is 1. The Hall–Kier alpha value is -0.610. The molecule has 1 unspecified atom stereocenters. The van der Waals surface area contributed by atoms with Crippen LogP contribution in [0.4, 0.5) is 0 Å². The quantitative estimate of drug-likeness (QED) is 0.446. The van der Waals surface area contributed by atoms with Crippen LogP contribution in [-0.2, 0) is 4.74 Å². The van der Waals surface area contributed by atoms with Crippen molar-refractivity contribution in [1.82, 2.24) is 5.43 Å². The molecule has 1 aromatic carbocycles. The highest BCUT2D eigenvalue weighted by atomic mass is 35.5. The van der Waals surface area contributed by atoms with E-state index >= 15 is 0 Å². The molecule has 0 heterocycles. The first-order valence-electron chi connectivity index (χ1n) is 5.07. The topological polar surface area (TPSA) is 47.3 Å². The van der Waals surface area contributed by atoms with E-state index in [1.165, 1.54) is 0 Å². The molecule has 0 aromatic heterocycles. The van der Waals surface area contributed by atoms with Crippen LogP contribution in [0.25, 0.3) is 0 Å². The van der Waals surface area contributed by atoms with E-state index in [0.29, 0.717) is 6.61 Å². The van der Waals surface area contributed by atoms with E-state index in [0.717, 1.165) is 23.6 Å². The molecular formula is C11H17ClN2O. The molecule has 3 nitrogen and oxygen atoms in total. The van der Waals surface area contributed by atoms with Gasteiger partial charge in [0.25, 0.3) is 0 Å². The Labute approximate surface area is 95.5 Å². The van der Waals surface area contributed by atoms with Crippen molar-refractivity contribution in [2.75, 3.05) is 13.2 Å². The molecule has 0 saturated heterocycles. The van der Waals surface area contributed by atoms with Gasteiger partial charge in [0.1, 0.15) is 0 Å². The molecule has 0 radical (unpaired) electrons. The highest BCUT2D eigenvalue weighted by Crippen LogP contribution is 2.18. The molecule has 0 spiro atoms. The minimum absolute atomic E-state index is 0.119. The fraction of sp³-hybridized carbons (Fsp3) is 0.455. The number of benzene rings is 1. The van der Waals surface area contributed by atoms with Crippen LogP contribution in [0.15, 0.2) is 24.3 Å². The van der Waals surface area contributed by atoms with Gasteiger partial charge < -0.3 is 4.74 Å². The van der Waals surface area contributed by atoms with Crippen LogP contribution < -0.4 is 11.3 Å². The van der Waals surface area contributed by atoms with Crippen molar-refractivity contribution >= 4 is 11.6 Å². The smallest absolute Gasteiger partial charge is 0.0484 e. The summed E-state index contributed by atoms with van der Waals surface area (Å²) in [4.78, 5) is 0. The van der Waals surface area contributed by atoms with E-state index in [1.54, 1.807) is 0 Å². The SMILES string of the molecule is CCOCCC(NN)c1ccc(Cl)cc1. The van der Waals surface area contributed by atoms with E-state index in [9.17, 15) is 0 Å². The average Bonchev–Trinajstić information content (AvgIpc) is 2.26. The normalized spacial score (nSPS) is 12.7. The van der Waals surface area contributed by atoms with Crippen molar-refractivity contribution in [3.8, 4) is 0 Å². The number of hydrogen-bond donors (Lipinski definition) is 2. The van der Waals surface area contributed by atoms with Gasteiger partial charge in [0.2, 0.25) is 0 Å². The third kappa shape index (κ3) is 4.18. The van der Waals surface area contributed by atoms with E-state index in [2.05, 4.69) is 5.43 Å². The zero-order valence-corrected chi connectivity index (χ0v) is 9.63. The van der Waals surface area contributed by atoms with Crippen molar-refractivity contribution in [3.63, 3.8) is 0 Å². The zero-order valence-electron chi connectivity index (χ0n) is 8.87. The van der Waals surface area contributed by atoms with Gasteiger partial charge >= 0.3 is 0 Å². The van der Waals surface area contributed by atoms with Crippen molar-refractivity contribution in [1.29, 1.82) is 0 Å². The molecule has 15 heavy (non-hydrogen) atoms. The van der Waals surface area contributed by atoms with Gasteiger partial charge in [0.05, 0.1) is 0 Å². The van der Waals surface area contributed by atoms with E-state index < -0.39 is 0 Å². The van der Waals surface area contributed by atoms with Crippen molar-refractivity contribution in [2.45, 2.75) is 19.4 Å². The standard InChI is InChI=1S/C11H17ClN2O/c1-2-15-8-7-11(14-13)9-3-5-10(12)6-4-9/h3-6,11,14H,2,7-8,13H2,1H3. The Morgan fingerprint density at radius 1 is 1.40 bits per heavy atom. The molecule has 0 aliphatic heterocycles. The van der Waals surface area contributed by atoms with Gasteiger partial charge in [0.15, 0.2) is 0 Å². The van der Waals surface area contributed by atoms with E-state index in [-0.39, 0.29) is 6.04 Å². The lowest BCUT2D eigenvalue weighted by Crippen LogP contribution is -2.28. The molecule has 0 bridgehead atoms. The van der Waals surface area contributed by atoms with Crippen LogP contribution in [0.1, 0.15) is 24.9 Å². The lowest BCUT2D eigenvalue weighted by Gasteiger charge is -2.16. The first-order chi connectivity index (χ1) is 7.27. The lowest BCUT2D eigenvalue weighted by atomic mass is 10.1.